The van der Waals surface area contributed by atoms with E-state index < -0.39 is 17.0 Å². The first-order chi connectivity index (χ1) is 26.8. The molecule has 328 valence electrons. The number of amides is 1. The van der Waals surface area contributed by atoms with Gasteiger partial charge in [0.1, 0.15) is 17.5 Å². The van der Waals surface area contributed by atoms with Gasteiger partial charge in [-0.05, 0) is 155 Å². The Kier molecular flexibility index (Phi) is 12.3. The number of rotatable bonds is 11. The summed E-state index contributed by atoms with van der Waals surface area (Å²) >= 11 is 0. The van der Waals surface area contributed by atoms with E-state index in [2.05, 4.69) is 48.1 Å². The predicted octanol–water partition coefficient (Wildman–Crippen LogP) is 10.8. The molecule has 1 amide bonds. The Balaban J connectivity index is 1.15. The van der Waals surface area contributed by atoms with Gasteiger partial charge in [0.05, 0.1) is 32.1 Å². The van der Waals surface area contributed by atoms with E-state index in [4.69, 9.17) is 14.2 Å². The summed E-state index contributed by atoms with van der Waals surface area (Å²) in [7, 11) is 0. The second-order valence-electron chi connectivity index (χ2n) is 23.5. The topological polar surface area (TPSA) is 119 Å². The number of morpholine rings is 1. The molecule has 1 saturated heterocycles. The summed E-state index contributed by atoms with van der Waals surface area (Å²) in [4.78, 5) is 53.4. The van der Waals surface area contributed by atoms with Gasteiger partial charge in [-0.1, -0.05) is 60.6 Å². The smallest absolute Gasteiger partial charge is 0.410 e. The lowest BCUT2D eigenvalue weighted by Crippen LogP contribution is -2.66. The fraction of sp³-hybridized carbons (Fsp3) is 0.878. The Morgan fingerprint density at radius 1 is 0.845 bits per heavy atom. The highest BCUT2D eigenvalue weighted by Gasteiger charge is 2.71. The molecule has 0 spiro atoms. The molecule has 0 aromatic carbocycles. The third kappa shape index (κ3) is 8.30. The molecule has 1 unspecified atom stereocenters. The molecule has 11 atom stereocenters. The normalized spacial score (nSPS) is 39.6. The van der Waals surface area contributed by atoms with E-state index >= 15 is 0 Å². The number of carbonyl (C=O) groups is 4. The van der Waals surface area contributed by atoms with Crippen LogP contribution in [0, 0.1) is 62.1 Å². The Morgan fingerprint density at radius 2 is 1.55 bits per heavy atom. The van der Waals surface area contributed by atoms with Crippen LogP contribution < -0.4 is 0 Å². The van der Waals surface area contributed by atoms with Crippen LogP contribution in [0.5, 0.6) is 0 Å². The van der Waals surface area contributed by atoms with Crippen LogP contribution in [-0.4, -0.2) is 71.3 Å². The Bertz CT molecular complexity index is 1610. The number of carboxylic acid groups (broad SMARTS) is 1. The first-order valence-electron chi connectivity index (χ1n) is 22.9. The average molecular weight is 810 g/mol. The number of hydrogen-bond donors (Lipinski definition) is 1. The van der Waals surface area contributed by atoms with Crippen LogP contribution in [0.25, 0.3) is 0 Å². The molecule has 6 aliphatic rings. The number of hydrogen-bond acceptors (Lipinski definition) is 7. The van der Waals surface area contributed by atoms with Crippen molar-refractivity contribution in [3.63, 3.8) is 0 Å². The fourth-order valence-electron chi connectivity index (χ4n) is 15.0. The monoisotopic (exact) mass is 810 g/mol. The number of carboxylic acids is 1. The lowest BCUT2D eigenvalue weighted by Gasteiger charge is -2.73. The molecular formula is C49H79NO8. The molecule has 6 fully saturated rings. The van der Waals surface area contributed by atoms with E-state index in [1.807, 2.05) is 34.6 Å². The van der Waals surface area contributed by atoms with Gasteiger partial charge in [0.25, 0.3) is 0 Å². The van der Waals surface area contributed by atoms with Gasteiger partial charge in [-0.2, -0.15) is 0 Å². The van der Waals surface area contributed by atoms with Gasteiger partial charge in [0, 0.05) is 24.8 Å². The number of allylic oxidation sites excluding steroid dienone is 1. The van der Waals surface area contributed by atoms with Crippen molar-refractivity contribution in [3.05, 3.63) is 12.2 Å². The molecule has 0 aromatic rings. The van der Waals surface area contributed by atoms with E-state index in [0.717, 1.165) is 44.9 Å². The molecule has 0 radical (unpaired) electrons. The SMILES string of the molecule is C=C(C)[C@@H]1CC[C@]2(CC(=O)CCC3CN(C(=O)OC(C)(C)C)CCO3)CC[C@]3(C)[C@H](CC[C@@H]4[C@@]5(C)CC[C@H](OC(=O)CC(C)(C)CC(=O)O)C(C)(C)[C@@H]5CC[C@]43C)[C@@H]12. The number of nitrogens with zero attached hydrogens (tertiary/aromatic N) is 1. The van der Waals surface area contributed by atoms with Gasteiger partial charge in [-0.15, -0.1) is 0 Å². The van der Waals surface area contributed by atoms with Crippen LogP contribution in [0.15, 0.2) is 12.2 Å². The largest absolute Gasteiger partial charge is 0.481 e. The van der Waals surface area contributed by atoms with Crippen molar-refractivity contribution < 1.29 is 38.5 Å². The van der Waals surface area contributed by atoms with Gasteiger partial charge >= 0.3 is 18.0 Å². The van der Waals surface area contributed by atoms with Gasteiger partial charge < -0.3 is 24.2 Å². The molecule has 0 bridgehead atoms. The molecule has 1 heterocycles. The molecule has 0 aromatic heterocycles. The molecule has 58 heavy (non-hydrogen) atoms. The maximum Gasteiger partial charge on any atom is 0.410 e. The van der Waals surface area contributed by atoms with Crippen LogP contribution in [0.4, 0.5) is 4.79 Å². The zero-order valence-electron chi connectivity index (χ0n) is 38.2. The van der Waals surface area contributed by atoms with E-state index in [0.29, 0.717) is 74.3 Å². The molecular weight excluding hydrogens is 731 g/mol. The van der Waals surface area contributed by atoms with Crippen molar-refractivity contribution in [1.29, 1.82) is 0 Å². The Labute approximate surface area is 350 Å². The summed E-state index contributed by atoms with van der Waals surface area (Å²) in [6.07, 6.45) is 12.2. The van der Waals surface area contributed by atoms with Gasteiger partial charge in [0.2, 0.25) is 0 Å². The molecule has 5 saturated carbocycles. The highest BCUT2D eigenvalue weighted by atomic mass is 16.6. The number of carbonyl (C=O) groups excluding carboxylic acids is 3. The fourth-order valence-corrected chi connectivity index (χ4v) is 15.0. The van der Waals surface area contributed by atoms with Gasteiger partial charge in [-0.3, -0.25) is 14.4 Å². The second-order valence-corrected chi connectivity index (χ2v) is 23.5. The zero-order chi connectivity index (χ0) is 42.9. The lowest BCUT2D eigenvalue weighted by molar-refractivity contribution is -0.250. The van der Waals surface area contributed by atoms with Crippen molar-refractivity contribution >= 4 is 23.8 Å². The number of ether oxygens (including phenoxy) is 3. The van der Waals surface area contributed by atoms with Crippen molar-refractivity contribution in [2.24, 2.45) is 62.1 Å². The van der Waals surface area contributed by atoms with Crippen LogP contribution in [0.3, 0.4) is 0 Å². The van der Waals surface area contributed by atoms with Crippen LogP contribution in [0.1, 0.15) is 172 Å². The highest BCUT2D eigenvalue weighted by molar-refractivity contribution is 5.79. The average Bonchev–Trinajstić information content (AvgIpc) is 3.47. The van der Waals surface area contributed by atoms with Gasteiger partial charge in [0.15, 0.2) is 0 Å². The third-order valence-corrected chi connectivity index (χ3v) is 17.8. The number of fused-ring (bicyclic) bond motifs is 7. The Morgan fingerprint density at radius 3 is 2.21 bits per heavy atom. The van der Waals surface area contributed by atoms with Crippen molar-refractivity contribution in [2.45, 2.75) is 190 Å². The molecule has 5 aliphatic carbocycles. The minimum Gasteiger partial charge on any atom is -0.481 e. The lowest BCUT2D eigenvalue weighted by atomic mass is 9.32. The minimum atomic E-state index is -0.892. The summed E-state index contributed by atoms with van der Waals surface area (Å²) < 4.78 is 18.0. The number of aliphatic carboxylic acids is 1. The molecule has 1 aliphatic heterocycles. The van der Waals surface area contributed by atoms with Crippen LogP contribution >= 0.6 is 0 Å². The highest BCUT2D eigenvalue weighted by Crippen LogP contribution is 2.78. The van der Waals surface area contributed by atoms with E-state index in [-0.39, 0.29) is 64.2 Å². The van der Waals surface area contributed by atoms with E-state index in [9.17, 15) is 24.3 Å². The third-order valence-electron chi connectivity index (χ3n) is 17.8. The van der Waals surface area contributed by atoms with Gasteiger partial charge in [-0.25, -0.2) is 4.79 Å². The maximum absolute atomic E-state index is 14.1. The first kappa shape index (κ1) is 45.1. The quantitative estimate of drug-likeness (QED) is 0.162. The molecule has 9 nitrogen and oxygen atoms in total. The van der Waals surface area contributed by atoms with Crippen molar-refractivity contribution in [1.82, 2.24) is 4.90 Å². The second kappa shape index (κ2) is 15.8. The van der Waals surface area contributed by atoms with Crippen LogP contribution in [0.2, 0.25) is 0 Å². The van der Waals surface area contributed by atoms with E-state index in [1.54, 1.807) is 4.90 Å². The summed E-state index contributed by atoms with van der Waals surface area (Å²) in [6, 6.07) is 0. The van der Waals surface area contributed by atoms with E-state index in [1.165, 1.54) is 24.8 Å². The van der Waals surface area contributed by atoms with Crippen LogP contribution in [-0.2, 0) is 28.6 Å². The maximum atomic E-state index is 14.1. The standard InChI is InChI=1S/C49H79NO8/c1-31(2)34-17-22-49(27-32(51)13-14-33-30-50(25-26-56-33)42(55)58-43(3,4)5)24-23-47(11)35(41(34)49)15-16-37-46(10)20-19-38(45(8,9)36(46)18-21-48(37,47)12)57-40(54)29-44(6,7)28-39(52)53/h33-38,41H,1,13-30H2,2-12H3,(H,52,53)/t33?,34-,35+,36-,37+,38-,41+,46-,47+,48+,49+/m0/s1. The predicted molar refractivity (Wildman–Crippen MR) is 226 cm³/mol. The molecule has 1 N–H and O–H groups in total. The number of ketones is 1. The summed E-state index contributed by atoms with van der Waals surface area (Å²) in [5, 5.41) is 9.38. The number of esters is 1. The zero-order valence-corrected chi connectivity index (χ0v) is 38.2. The first-order valence-corrected chi connectivity index (χ1v) is 22.9. The van der Waals surface area contributed by atoms with Crippen molar-refractivity contribution in [2.75, 3.05) is 19.7 Å². The minimum absolute atomic E-state index is 0.00804. The molecule has 9 heteroatoms. The summed E-state index contributed by atoms with van der Waals surface area (Å²) in [6.45, 7) is 30.0. The number of Topliss-reactive ketones (excluding diaryl/α,β-unsaturated/α-hetero) is 1. The summed E-state index contributed by atoms with van der Waals surface area (Å²) in [5.41, 5.74) is 0.351. The summed E-state index contributed by atoms with van der Waals surface area (Å²) in [5.74, 6) is 1.61. The van der Waals surface area contributed by atoms with Crippen molar-refractivity contribution in [3.8, 4) is 0 Å². The molecule has 6 rings (SSSR count). The Hall–Kier alpha value is -2.42.